The lowest BCUT2D eigenvalue weighted by molar-refractivity contribution is -0.158. The van der Waals surface area contributed by atoms with Crippen molar-refractivity contribution in [3.63, 3.8) is 0 Å². The minimum Gasteiger partial charge on any atom is -0.481 e. The molecule has 3 fully saturated rings. The quantitative estimate of drug-likeness (QED) is 0.508. The summed E-state index contributed by atoms with van der Waals surface area (Å²) in [5.41, 5.74) is -2.72. The Morgan fingerprint density at radius 3 is 2.42 bits per heavy atom. The van der Waals surface area contributed by atoms with Crippen LogP contribution in [0.1, 0.15) is 67.2 Å². The standard InChI is InChI=1S/C25H40N2O6/c1-8-12-27(23(5,6)15-22(2,3)4)20(30)18-25-11-10-24(7,33-25)17(21(31)32)16(25)19(29)26(18)13-9-14-28/h8,16-18,28H,1,9-15H2,2-7H3,(H,31,32)/t16-,17-,18?,24+,25?/m0/s1. The van der Waals surface area contributed by atoms with Crippen LogP contribution < -0.4 is 0 Å². The van der Waals surface area contributed by atoms with E-state index < -0.39 is 40.6 Å². The van der Waals surface area contributed by atoms with Gasteiger partial charge in [0.1, 0.15) is 11.6 Å². The van der Waals surface area contributed by atoms with Gasteiger partial charge in [-0.05, 0) is 51.9 Å². The van der Waals surface area contributed by atoms with Crippen molar-refractivity contribution < 1.29 is 29.3 Å². The highest BCUT2D eigenvalue weighted by Crippen LogP contribution is 2.63. The van der Waals surface area contributed by atoms with Crippen LogP contribution in [0.4, 0.5) is 0 Å². The number of fused-ring (bicyclic) bond motifs is 1. The molecule has 0 aromatic carbocycles. The maximum absolute atomic E-state index is 14.3. The van der Waals surface area contributed by atoms with E-state index in [4.69, 9.17) is 4.74 Å². The van der Waals surface area contributed by atoms with E-state index in [1.165, 1.54) is 4.90 Å². The number of likely N-dealkylation sites (tertiary alicyclic amines) is 1. The van der Waals surface area contributed by atoms with Crippen LogP contribution in [0.3, 0.4) is 0 Å². The number of carbonyl (C=O) groups is 3. The first-order valence-corrected chi connectivity index (χ1v) is 11.9. The zero-order valence-corrected chi connectivity index (χ0v) is 20.9. The molecule has 3 heterocycles. The topological polar surface area (TPSA) is 107 Å². The van der Waals surface area contributed by atoms with Crippen LogP contribution in [-0.2, 0) is 19.1 Å². The van der Waals surface area contributed by atoms with Gasteiger partial charge in [-0.2, -0.15) is 0 Å². The molecule has 3 saturated heterocycles. The number of rotatable bonds is 9. The SMILES string of the molecule is C=CCN(C(=O)C1N(CCCO)C(=O)[C@@H]2[C@@H](C(=O)O)[C@@]3(C)CCC12O3)C(C)(C)CC(C)(C)C. The molecule has 0 saturated carbocycles. The van der Waals surface area contributed by atoms with Crippen LogP contribution in [0.15, 0.2) is 12.7 Å². The van der Waals surface area contributed by atoms with Gasteiger partial charge < -0.3 is 24.7 Å². The summed E-state index contributed by atoms with van der Waals surface area (Å²) in [4.78, 5) is 43.4. The lowest BCUT2D eigenvalue weighted by atomic mass is 9.66. The van der Waals surface area contributed by atoms with Crippen molar-refractivity contribution in [2.45, 2.75) is 90.0 Å². The fourth-order valence-corrected chi connectivity index (χ4v) is 6.87. The highest BCUT2D eigenvalue weighted by atomic mass is 16.5. The summed E-state index contributed by atoms with van der Waals surface area (Å²) in [5, 5.41) is 19.4. The molecule has 33 heavy (non-hydrogen) atoms. The number of hydrogen-bond acceptors (Lipinski definition) is 5. The van der Waals surface area contributed by atoms with E-state index in [-0.39, 0.29) is 30.4 Å². The Hall–Kier alpha value is -1.93. The molecule has 2 unspecified atom stereocenters. The number of aliphatic hydroxyl groups excluding tert-OH is 1. The first kappa shape index (κ1) is 25.7. The third-order valence-electron chi connectivity index (χ3n) is 7.61. The number of carbonyl (C=O) groups excluding carboxylic acids is 2. The fraction of sp³-hybridized carbons (Fsp3) is 0.800. The average Bonchev–Trinajstić information content (AvgIpc) is 3.22. The van der Waals surface area contributed by atoms with Crippen LogP contribution in [0.2, 0.25) is 0 Å². The van der Waals surface area contributed by atoms with Crippen LogP contribution in [0.25, 0.3) is 0 Å². The highest BCUT2D eigenvalue weighted by molar-refractivity contribution is 5.98. The van der Waals surface area contributed by atoms with Gasteiger partial charge in [0.05, 0.1) is 17.4 Å². The first-order chi connectivity index (χ1) is 15.1. The van der Waals surface area contributed by atoms with Gasteiger partial charge in [0, 0.05) is 25.2 Å². The number of hydrogen-bond donors (Lipinski definition) is 2. The van der Waals surface area contributed by atoms with E-state index in [1.54, 1.807) is 17.9 Å². The normalized spacial score (nSPS) is 33.4. The molecule has 0 aromatic heterocycles. The van der Waals surface area contributed by atoms with Crippen LogP contribution in [-0.4, -0.2) is 80.3 Å². The van der Waals surface area contributed by atoms with Gasteiger partial charge in [0.15, 0.2) is 0 Å². The molecule has 0 aromatic rings. The summed E-state index contributed by atoms with van der Waals surface area (Å²) < 4.78 is 6.42. The zero-order valence-electron chi connectivity index (χ0n) is 20.9. The van der Waals surface area contributed by atoms with Crippen LogP contribution in [0, 0.1) is 17.3 Å². The molecular weight excluding hydrogens is 424 g/mol. The molecule has 2 N–H and O–H groups in total. The van der Waals surface area contributed by atoms with Gasteiger partial charge in [0.25, 0.3) is 0 Å². The predicted molar refractivity (Wildman–Crippen MR) is 123 cm³/mol. The van der Waals surface area contributed by atoms with Crippen LogP contribution in [0.5, 0.6) is 0 Å². The van der Waals surface area contributed by atoms with Crippen molar-refractivity contribution in [3.05, 3.63) is 12.7 Å². The van der Waals surface area contributed by atoms with E-state index >= 15 is 0 Å². The van der Waals surface area contributed by atoms with Gasteiger partial charge in [-0.25, -0.2) is 0 Å². The molecule has 0 radical (unpaired) electrons. The van der Waals surface area contributed by atoms with Gasteiger partial charge in [-0.15, -0.1) is 6.58 Å². The molecule has 2 amide bonds. The second kappa shape index (κ2) is 8.38. The fourth-order valence-electron chi connectivity index (χ4n) is 6.87. The van der Waals surface area contributed by atoms with Crippen LogP contribution >= 0.6 is 0 Å². The predicted octanol–water partition coefficient (Wildman–Crippen LogP) is 2.45. The van der Waals surface area contributed by atoms with Crippen molar-refractivity contribution in [2.75, 3.05) is 19.7 Å². The minimum atomic E-state index is -1.17. The van der Waals surface area contributed by atoms with Gasteiger partial charge >= 0.3 is 5.97 Å². The van der Waals surface area contributed by atoms with E-state index in [2.05, 4.69) is 27.4 Å². The molecule has 0 aliphatic carbocycles. The third kappa shape index (κ3) is 4.09. The Kier molecular flexibility index (Phi) is 6.52. The second-order valence-corrected chi connectivity index (χ2v) is 12.0. The van der Waals surface area contributed by atoms with Gasteiger partial charge in [-0.1, -0.05) is 26.8 Å². The molecule has 3 aliphatic heterocycles. The second-order valence-electron chi connectivity index (χ2n) is 12.0. The van der Waals surface area contributed by atoms with E-state index in [0.717, 1.165) is 6.42 Å². The Bertz CT molecular complexity index is 833. The summed E-state index contributed by atoms with van der Waals surface area (Å²) >= 11 is 0. The Balaban J connectivity index is 2.09. The number of aliphatic carboxylic acids is 1. The number of carboxylic acids is 1. The maximum atomic E-state index is 14.3. The monoisotopic (exact) mass is 464 g/mol. The number of aliphatic hydroxyl groups is 1. The van der Waals surface area contributed by atoms with E-state index in [0.29, 0.717) is 25.8 Å². The highest BCUT2D eigenvalue weighted by Gasteiger charge is 2.78. The largest absolute Gasteiger partial charge is 0.481 e. The van der Waals surface area contributed by atoms with E-state index in [1.807, 2.05) is 13.8 Å². The minimum absolute atomic E-state index is 0.0454. The smallest absolute Gasteiger partial charge is 0.310 e. The maximum Gasteiger partial charge on any atom is 0.310 e. The van der Waals surface area contributed by atoms with Gasteiger partial charge in [-0.3, -0.25) is 14.4 Å². The van der Waals surface area contributed by atoms with Crippen molar-refractivity contribution in [1.29, 1.82) is 0 Å². The molecule has 2 bridgehead atoms. The molecule has 186 valence electrons. The lowest BCUT2D eigenvalue weighted by Gasteiger charge is -2.45. The first-order valence-electron chi connectivity index (χ1n) is 11.9. The summed E-state index contributed by atoms with van der Waals surface area (Å²) in [6, 6.07) is -0.924. The summed E-state index contributed by atoms with van der Waals surface area (Å²) in [6.07, 6.45) is 3.65. The van der Waals surface area contributed by atoms with Crippen molar-refractivity contribution in [2.24, 2.45) is 17.3 Å². The lowest BCUT2D eigenvalue weighted by Crippen LogP contribution is -2.61. The van der Waals surface area contributed by atoms with E-state index in [9.17, 15) is 24.6 Å². The number of ether oxygens (including phenoxy) is 1. The summed E-state index contributed by atoms with van der Waals surface area (Å²) in [7, 11) is 0. The number of amides is 2. The van der Waals surface area contributed by atoms with Crippen molar-refractivity contribution in [1.82, 2.24) is 9.80 Å². The molecule has 8 nitrogen and oxygen atoms in total. The summed E-state index contributed by atoms with van der Waals surface area (Å²) in [5.74, 6) is -3.57. The average molecular weight is 465 g/mol. The number of carboxylic acid groups (broad SMARTS) is 1. The molecular formula is C25H40N2O6. The molecule has 1 spiro atoms. The van der Waals surface area contributed by atoms with Crippen molar-refractivity contribution in [3.8, 4) is 0 Å². The zero-order chi connectivity index (χ0) is 25.0. The summed E-state index contributed by atoms with van der Waals surface area (Å²) in [6.45, 7) is 16.3. The molecule has 8 heteroatoms. The molecule has 5 atom stereocenters. The Morgan fingerprint density at radius 2 is 1.91 bits per heavy atom. The molecule has 3 aliphatic rings. The molecule has 3 rings (SSSR count). The Morgan fingerprint density at radius 1 is 1.27 bits per heavy atom. The van der Waals surface area contributed by atoms with Crippen molar-refractivity contribution >= 4 is 17.8 Å². The van der Waals surface area contributed by atoms with Gasteiger partial charge in [0.2, 0.25) is 11.8 Å². The number of nitrogens with zero attached hydrogens (tertiary/aromatic N) is 2. The Labute approximate surface area is 196 Å². The third-order valence-corrected chi connectivity index (χ3v) is 7.61.